The number of hydrogen-bond acceptors (Lipinski definition) is 4. The van der Waals surface area contributed by atoms with E-state index in [4.69, 9.17) is 11.6 Å². The van der Waals surface area contributed by atoms with Crippen LogP contribution in [0.2, 0.25) is 5.15 Å². The van der Waals surface area contributed by atoms with Crippen molar-refractivity contribution in [2.75, 3.05) is 5.32 Å². The zero-order valence-electron chi connectivity index (χ0n) is 10.8. The number of anilines is 1. The van der Waals surface area contributed by atoms with Crippen molar-refractivity contribution in [2.24, 2.45) is 7.05 Å². The van der Waals surface area contributed by atoms with Crippen molar-refractivity contribution in [3.05, 3.63) is 51.1 Å². The quantitative estimate of drug-likeness (QED) is 0.535. The molecule has 1 amide bonds. The second kappa shape index (κ2) is 5.30. The molecule has 0 aliphatic heterocycles. The van der Waals surface area contributed by atoms with E-state index in [1.807, 2.05) is 6.92 Å². The predicted molar refractivity (Wildman–Crippen MR) is 74.0 cm³/mol. The average Bonchev–Trinajstić information content (AvgIpc) is 2.76. The van der Waals surface area contributed by atoms with E-state index in [1.54, 1.807) is 19.3 Å². The highest BCUT2D eigenvalue weighted by molar-refractivity contribution is 6.32. The molecule has 0 aromatic carbocycles. The van der Waals surface area contributed by atoms with E-state index >= 15 is 0 Å². The number of hydrogen-bond donors (Lipinski definition) is 1. The van der Waals surface area contributed by atoms with Crippen molar-refractivity contribution in [1.82, 2.24) is 9.55 Å². The van der Waals surface area contributed by atoms with Crippen LogP contribution >= 0.6 is 11.6 Å². The van der Waals surface area contributed by atoms with Gasteiger partial charge in [-0.3, -0.25) is 14.9 Å². The summed E-state index contributed by atoms with van der Waals surface area (Å²) in [6.45, 7) is 1.81. The molecule has 8 heteroatoms. The van der Waals surface area contributed by atoms with Gasteiger partial charge in [0.1, 0.15) is 5.69 Å². The normalized spacial score (nSPS) is 10.3. The maximum atomic E-state index is 12.1. The third kappa shape index (κ3) is 2.77. The van der Waals surface area contributed by atoms with Crippen molar-refractivity contribution in [3.8, 4) is 0 Å². The summed E-state index contributed by atoms with van der Waals surface area (Å²) in [5.41, 5.74) is 1.21. The SMILES string of the molecule is Cc1cnc(Cl)c(NC(=O)c2cc([N+](=O)[O-])cn2C)c1. The lowest BCUT2D eigenvalue weighted by atomic mass is 10.3. The Hall–Kier alpha value is -2.41. The Balaban J connectivity index is 2.28. The molecule has 2 aromatic rings. The molecule has 2 rings (SSSR count). The summed E-state index contributed by atoms with van der Waals surface area (Å²) in [7, 11) is 1.55. The van der Waals surface area contributed by atoms with Gasteiger partial charge in [0.15, 0.2) is 5.15 Å². The summed E-state index contributed by atoms with van der Waals surface area (Å²) in [5.74, 6) is -0.491. The molecule has 0 fully saturated rings. The van der Waals surface area contributed by atoms with Crippen LogP contribution in [-0.2, 0) is 7.05 Å². The Bertz CT molecular complexity index is 696. The first-order valence-corrected chi connectivity index (χ1v) is 6.00. The van der Waals surface area contributed by atoms with Crippen LogP contribution < -0.4 is 5.32 Å². The van der Waals surface area contributed by atoms with E-state index in [2.05, 4.69) is 10.3 Å². The Morgan fingerprint density at radius 2 is 2.20 bits per heavy atom. The van der Waals surface area contributed by atoms with Crippen molar-refractivity contribution >= 4 is 28.9 Å². The Morgan fingerprint density at radius 3 is 2.80 bits per heavy atom. The summed E-state index contributed by atoms with van der Waals surface area (Å²) in [4.78, 5) is 26.1. The van der Waals surface area contributed by atoms with Crippen LogP contribution in [0.5, 0.6) is 0 Å². The summed E-state index contributed by atoms with van der Waals surface area (Å²) in [5, 5.41) is 13.4. The van der Waals surface area contributed by atoms with Gasteiger partial charge in [0.25, 0.3) is 11.6 Å². The number of nitrogens with zero attached hydrogens (tertiary/aromatic N) is 3. The third-order valence-corrected chi connectivity index (χ3v) is 2.96. The molecule has 0 aliphatic rings. The zero-order chi connectivity index (χ0) is 14.9. The average molecular weight is 295 g/mol. The molecule has 0 unspecified atom stereocenters. The number of nitro groups is 1. The van der Waals surface area contributed by atoms with Crippen LogP contribution in [0.15, 0.2) is 24.5 Å². The van der Waals surface area contributed by atoms with Gasteiger partial charge in [0.2, 0.25) is 0 Å². The van der Waals surface area contributed by atoms with E-state index in [1.165, 1.54) is 16.8 Å². The first-order valence-electron chi connectivity index (χ1n) is 5.62. The second-order valence-corrected chi connectivity index (χ2v) is 4.61. The fraction of sp³-hybridized carbons (Fsp3) is 0.167. The van der Waals surface area contributed by atoms with Gasteiger partial charge < -0.3 is 9.88 Å². The predicted octanol–water partition coefficient (Wildman–Crippen LogP) is 2.54. The third-order valence-electron chi connectivity index (χ3n) is 2.66. The lowest BCUT2D eigenvalue weighted by Crippen LogP contribution is -2.15. The van der Waals surface area contributed by atoms with Gasteiger partial charge in [-0.2, -0.15) is 0 Å². The van der Waals surface area contributed by atoms with Crippen molar-refractivity contribution in [3.63, 3.8) is 0 Å². The molecule has 0 bridgehead atoms. The lowest BCUT2D eigenvalue weighted by molar-refractivity contribution is -0.384. The number of halogens is 1. The number of nitrogens with one attached hydrogen (secondary N) is 1. The number of carbonyl (C=O) groups is 1. The van der Waals surface area contributed by atoms with Crippen molar-refractivity contribution in [2.45, 2.75) is 6.92 Å². The van der Waals surface area contributed by atoms with Gasteiger partial charge in [-0.05, 0) is 18.6 Å². The molecule has 7 nitrogen and oxygen atoms in total. The van der Waals surface area contributed by atoms with E-state index in [0.717, 1.165) is 5.56 Å². The zero-order valence-corrected chi connectivity index (χ0v) is 11.5. The number of aryl methyl sites for hydroxylation is 2. The summed E-state index contributed by atoms with van der Waals surface area (Å²) < 4.78 is 1.38. The fourth-order valence-electron chi connectivity index (χ4n) is 1.70. The molecule has 0 spiro atoms. The van der Waals surface area contributed by atoms with Crippen LogP contribution in [0.4, 0.5) is 11.4 Å². The Kier molecular flexibility index (Phi) is 3.71. The second-order valence-electron chi connectivity index (χ2n) is 4.26. The highest BCUT2D eigenvalue weighted by atomic mass is 35.5. The molecule has 0 saturated carbocycles. The smallest absolute Gasteiger partial charge is 0.287 e. The fourth-order valence-corrected chi connectivity index (χ4v) is 1.85. The van der Waals surface area contributed by atoms with E-state index in [0.29, 0.717) is 5.69 Å². The Morgan fingerprint density at radius 1 is 1.50 bits per heavy atom. The highest BCUT2D eigenvalue weighted by Crippen LogP contribution is 2.22. The highest BCUT2D eigenvalue weighted by Gasteiger charge is 2.18. The summed E-state index contributed by atoms with van der Waals surface area (Å²) in [6, 6.07) is 2.87. The van der Waals surface area contributed by atoms with Gasteiger partial charge in [-0.25, -0.2) is 4.98 Å². The molecule has 0 radical (unpaired) electrons. The van der Waals surface area contributed by atoms with Crippen LogP contribution in [0, 0.1) is 17.0 Å². The minimum Gasteiger partial charge on any atom is -0.340 e. The van der Waals surface area contributed by atoms with Gasteiger partial charge in [-0.1, -0.05) is 11.6 Å². The van der Waals surface area contributed by atoms with E-state index in [9.17, 15) is 14.9 Å². The summed E-state index contributed by atoms with van der Waals surface area (Å²) >= 11 is 5.88. The number of aromatic nitrogens is 2. The minimum atomic E-state index is -0.558. The molecule has 2 heterocycles. The largest absolute Gasteiger partial charge is 0.340 e. The maximum Gasteiger partial charge on any atom is 0.287 e. The molecule has 104 valence electrons. The van der Waals surface area contributed by atoms with Gasteiger partial charge in [0.05, 0.1) is 16.8 Å². The molecule has 0 atom stereocenters. The number of pyridine rings is 1. The monoisotopic (exact) mass is 294 g/mol. The van der Waals surface area contributed by atoms with Gasteiger partial charge >= 0.3 is 0 Å². The first-order chi connectivity index (χ1) is 9.38. The number of rotatable bonds is 3. The lowest BCUT2D eigenvalue weighted by Gasteiger charge is -2.07. The van der Waals surface area contributed by atoms with Crippen LogP contribution in [0.25, 0.3) is 0 Å². The first kappa shape index (κ1) is 14.0. The minimum absolute atomic E-state index is 0.147. The maximum absolute atomic E-state index is 12.1. The van der Waals surface area contributed by atoms with Crippen molar-refractivity contribution in [1.29, 1.82) is 0 Å². The van der Waals surface area contributed by atoms with Gasteiger partial charge in [0, 0.05) is 19.3 Å². The van der Waals surface area contributed by atoms with E-state index < -0.39 is 10.8 Å². The van der Waals surface area contributed by atoms with Crippen LogP contribution in [0.1, 0.15) is 16.1 Å². The molecular weight excluding hydrogens is 284 g/mol. The molecular formula is C12H11ClN4O3. The molecule has 0 aliphatic carbocycles. The van der Waals surface area contributed by atoms with Crippen molar-refractivity contribution < 1.29 is 9.72 Å². The molecule has 20 heavy (non-hydrogen) atoms. The number of carbonyl (C=O) groups excluding carboxylic acids is 1. The van der Waals surface area contributed by atoms with Crippen LogP contribution in [0.3, 0.4) is 0 Å². The number of amides is 1. The van der Waals surface area contributed by atoms with Crippen LogP contribution in [-0.4, -0.2) is 20.4 Å². The Labute approximate surface area is 119 Å². The molecule has 0 saturated heterocycles. The van der Waals surface area contributed by atoms with E-state index in [-0.39, 0.29) is 16.5 Å². The standard InChI is InChI=1S/C12H11ClN4O3/c1-7-3-9(11(13)14-5-7)15-12(18)10-4-8(17(19)20)6-16(10)2/h3-6H,1-2H3,(H,15,18). The molecule has 2 aromatic heterocycles. The summed E-state index contributed by atoms with van der Waals surface area (Å²) in [6.07, 6.45) is 2.84. The van der Waals surface area contributed by atoms with Gasteiger partial charge in [-0.15, -0.1) is 0 Å². The topological polar surface area (TPSA) is 90.1 Å². The molecule has 1 N–H and O–H groups in total.